The van der Waals surface area contributed by atoms with E-state index in [0.717, 1.165) is 16.8 Å². The van der Waals surface area contributed by atoms with Crippen LogP contribution in [0.4, 0.5) is 8.78 Å². The minimum atomic E-state index is -1.34. The van der Waals surface area contributed by atoms with Crippen molar-refractivity contribution in [2.45, 2.75) is 0 Å². The predicted octanol–water partition coefficient (Wildman–Crippen LogP) is 1.31. The van der Waals surface area contributed by atoms with Crippen LogP contribution in [0.3, 0.4) is 0 Å². The van der Waals surface area contributed by atoms with Gasteiger partial charge in [0, 0.05) is 12.3 Å². The number of hydrogen-bond donors (Lipinski definition) is 1. The summed E-state index contributed by atoms with van der Waals surface area (Å²) >= 11 is 0. The molecule has 0 aliphatic heterocycles. The van der Waals surface area contributed by atoms with E-state index in [1.807, 2.05) is 0 Å². The summed E-state index contributed by atoms with van der Waals surface area (Å²) < 4.78 is 26.6. The molecular formula is C8H4F2N2O2. The molecule has 0 radical (unpaired) electrons. The number of carbonyl (C=O) groups is 1. The van der Waals surface area contributed by atoms with Crippen molar-refractivity contribution in [3.05, 3.63) is 35.9 Å². The maximum atomic E-state index is 13.0. The molecule has 0 amide bonds. The smallest absolute Gasteiger partial charge is 0.372 e. The Hall–Kier alpha value is -1.98. The number of imidazole rings is 1. The molecule has 0 saturated carbocycles. The van der Waals surface area contributed by atoms with E-state index < -0.39 is 23.4 Å². The molecule has 6 heteroatoms. The fraction of sp³-hybridized carbons (Fsp3) is 0. The van der Waals surface area contributed by atoms with Crippen molar-refractivity contribution in [3.63, 3.8) is 0 Å². The van der Waals surface area contributed by atoms with Crippen molar-refractivity contribution >= 4 is 11.5 Å². The number of pyridine rings is 1. The Morgan fingerprint density at radius 3 is 2.86 bits per heavy atom. The van der Waals surface area contributed by atoms with Crippen molar-refractivity contribution in [1.82, 2.24) is 9.38 Å². The predicted molar refractivity (Wildman–Crippen MR) is 42.1 cm³/mol. The number of fused-ring (bicyclic) bond motifs is 1. The second-order valence-electron chi connectivity index (χ2n) is 2.65. The number of carboxylic acid groups (broad SMARTS) is 1. The second kappa shape index (κ2) is 2.76. The molecule has 14 heavy (non-hydrogen) atoms. The molecule has 2 aromatic heterocycles. The van der Waals surface area contributed by atoms with Crippen LogP contribution in [0.2, 0.25) is 0 Å². The van der Waals surface area contributed by atoms with E-state index >= 15 is 0 Å². The lowest BCUT2D eigenvalue weighted by Crippen LogP contribution is -2.04. The van der Waals surface area contributed by atoms with Crippen LogP contribution in [0, 0.1) is 11.6 Å². The molecule has 0 aromatic carbocycles. The average molecular weight is 198 g/mol. The second-order valence-corrected chi connectivity index (χ2v) is 2.65. The Morgan fingerprint density at radius 2 is 2.21 bits per heavy atom. The molecule has 2 heterocycles. The van der Waals surface area contributed by atoms with Gasteiger partial charge in [-0.1, -0.05) is 0 Å². The van der Waals surface area contributed by atoms with Gasteiger partial charge in [0.1, 0.15) is 11.3 Å². The summed E-state index contributed by atoms with van der Waals surface area (Å²) in [6.45, 7) is 0. The summed E-state index contributed by atoms with van der Waals surface area (Å²) in [5, 5.41) is 8.63. The molecule has 2 aromatic rings. The first kappa shape index (κ1) is 8.61. The summed E-state index contributed by atoms with van der Waals surface area (Å²) in [7, 11) is 0. The normalized spacial score (nSPS) is 10.7. The maximum absolute atomic E-state index is 13.0. The molecule has 2 rings (SSSR count). The van der Waals surface area contributed by atoms with Crippen molar-refractivity contribution in [3.8, 4) is 0 Å². The van der Waals surface area contributed by atoms with Crippen LogP contribution in [0.25, 0.3) is 5.52 Å². The first-order valence-electron chi connectivity index (χ1n) is 3.65. The van der Waals surface area contributed by atoms with Gasteiger partial charge in [-0.05, 0) is 0 Å². The van der Waals surface area contributed by atoms with E-state index in [9.17, 15) is 13.6 Å². The fourth-order valence-electron chi connectivity index (χ4n) is 1.18. The van der Waals surface area contributed by atoms with Crippen LogP contribution in [0.5, 0.6) is 0 Å². The summed E-state index contributed by atoms with van der Waals surface area (Å²) in [5.74, 6) is -3.45. The standard InChI is InChI=1S/C8H4F2N2O2/c9-4-1-5(10)6-2-11-7(8(13)14)12(6)3-4/h1-3H,(H,13,14). The van der Waals surface area contributed by atoms with Crippen LogP contribution in [0.15, 0.2) is 18.5 Å². The molecule has 0 spiro atoms. The van der Waals surface area contributed by atoms with Gasteiger partial charge >= 0.3 is 5.97 Å². The molecular weight excluding hydrogens is 194 g/mol. The fourth-order valence-corrected chi connectivity index (χ4v) is 1.18. The minimum absolute atomic E-state index is 0.0659. The van der Waals surface area contributed by atoms with Gasteiger partial charge in [-0.25, -0.2) is 18.6 Å². The van der Waals surface area contributed by atoms with E-state index in [2.05, 4.69) is 4.98 Å². The van der Waals surface area contributed by atoms with E-state index in [-0.39, 0.29) is 5.52 Å². The van der Waals surface area contributed by atoms with Crippen molar-refractivity contribution in [1.29, 1.82) is 0 Å². The molecule has 4 nitrogen and oxygen atoms in total. The summed E-state index contributed by atoms with van der Waals surface area (Å²) in [6.07, 6.45) is 1.91. The molecule has 0 aliphatic rings. The highest BCUT2D eigenvalue weighted by Gasteiger charge is 2.14. The van der Waals surface area contributed by atoms with E-state index in [4.69, 9.17) is 5.11 Å². The largest absolute Gasteiger partial charge is 0.475 e. The Labute approximate surface area is 76.4 Å². The van der Waals surface area contributed by atoms with Crippen molar-refractivity contribution < 1.29 is 18.7 Å². The summed E-state index contributed by atoms with van der Waals surface area (Å²) in [5.41, 5.74) is -0.0659. The third-order valence-corrected chi connectivity index (χ3v) is 1.75. The Bertz CT molecular complexity index is 521. The van der Waals surface area contributed by atoms with Crippen molar-refractivity contribution in [2.24, 2.45) is 0 Å². The number of aromatic nitrogens is 2. The molecule has 0 atom stereocenters. The number of carboxylic acids is 1. The van der Waals surface area contributed by atoms with Gasteiger partial charge < -0.3 is 5.11 Å². The topological polar surface area (TPSA) is 54.6 Å². The third-order valence-electron chi connectivity index (χ3n) is 1.75. The quantitative estimate of drug-likeness (QED) is 0.751. The average Bonchev–Trinajstić information content (AvgIpc) is 2.47. The highest BCUT2D eigenvalue weighted by Crippen LogP contribution is 2.13. The van der Waals surface area contributed by atoms with Crippen LogP contribution in [0.1, 0.15) is 10.6 Å². The first-order valence-corrected chi connectivity index (χ1v) is 3.65. The van der Waals surface area contributed by atoms with Gasteiger partial charge in [-0.15, -0.1) is 0 Å². The molecule has 0 fully saturated rings. The maximum Gasteiger partial charge on any atom is 0.372 e. The van der Waals surface area contributed by atoms with E-state index in [0.29, 0.717) is 6.07 Å². The van der Waals surface area contributed by atoms with Gasteiger partial charge in [0.2, 0.25) is 5.82 Å². The van der Waals surface area contributed by atoms with E-state index in [1.54, 1.807) is 0 Å². The number of nitrogens with zero attached hydrogens (tertiary/aromatic N) is 2. The Balaban J connectivity index is 2.85. The lowest BCUT2D eigenvalue weighted by Gasteiger charge is -1.97. The van der Waals surface area contributed by atoms with Gasteiger partial charge in [-0.2, -0.15) is 0 Å². The zero-order valence-electron chi connectivity index (χ0n) is 6.74. The van der Waals surface area contributed by atoms with Gasteiger partial charge in [0.05, 0.1) is 6.20 Å². The van der Waals surface area contributed by atoms with Crippen LogP contribution in [-0.2, 0) is 0 Å². The van der Waals surface area contributed by atoms with Crippen LogP contribution >= 0.6 is 0 Å². The molecule has 0 saturated heterocycles. The number of aromatic carboxylic acids is 1. The number of hydrogen-bond acceptors (Lipinski definition) is 2. The van der Waals surface area contributed by atoms with Gasteiger partial charge in [-0.3, -0.25) is 4.40 Å². The minimum Gasteiger partial charge on any atom is -0.475 e. The monoisotopic (exact) mass is 198 g/mol. The molecule has 0 aliphatic carbocycles. The highest BCUT2D eigenvalue weighted by atomic mass is 19.1. The lowest BCUT2D eigenvalue weighted by molar-refractivity contribution is 0.0683. The van der Waals surface area contributed by atoms with Gasteiger partial charge in [0.15, 0.2) is 5.82 Å². The zero-order chi connectivity index (χ0) is 10.3. The Kier molecular flexibility index (Phi) is 1.70. The summed E-state index contributed by atoms with van der Waals surface area (Å²) in [6, 6.07) is 0.669. The third kappa shape index (κ3) is 1.12. The van der Waals surface area contributed by atoms with Crippen molar-refractivity contribution in [2.75, 3.05) is 0 Å². The lowest BCUT2D eigenvalue weighted by atomic mass is 10.4. The summed E-state index contributed by atoms with van der Waals surface area (Å²) in [4.78, 5) is 14.0. The zero-order valence-corrected chi connectivity index (χ0v) is 6.74. The van der Waals surface area contributed by atoms with E-state index in [1.165, 1.54) is 0 Å². The molecule has 72 valence electrons. The molecule has 1 N–H and O–H groups in total. The SMILES string of the molecule is O=C(O)c1ncc2c(F)cc(F)cn12. The first-order chi connectivity index (χ1) is 6.59. The van der Waals surface area contributed by atoms with Gasteiger partial charge in [0.25, 0.3) is 0 Å². The molecule has 0 unspecified atom stereocenters. The van der Waals surface area contributed by atoms with Crippen LogP contribution in [-0.4, -0.2) is 20.5 Å². The Morgan fingerprint density at radius 1 is 1.50 bits per heavy atom. The number of halogens is 2. The highest BCUT2D eigenvalue weighted by molar-refractivity contribution is 5.84. The number of rotatable bonds is 1. The van der Waals surface area contributed by atoms with Crippen LogP contribution < -0.4 is 0 Å². The molecule has 0 bridgehead atoms.